The van der Waals surface area contributed by atoms with Gasteiger partial charge in [-0.1, -0.05) is 0 Å². The molecule has 0 atom stereocenters. The summed E-state index contributed by atoms with van der Waals surface area (Å²) in [5.41, 5.74) is -1.77. The second-order valence-electron chi connectivity index (χ2n) is 6.44. The molecule has 1 amide bonds. The molecule has 0 saturated heterocycles. The van der Waals surface area contributed by atoms with Crippen molar-refractivity contribution in [1.82, 2.24) is 10.6 Å². The number of carboxylic acid groups (broad SMARTS) is 2. The molecule has 0 unspecified atom stereocenters. The van der Waals surface area contributed by atoms with Gasteiger partial charge in [0.2, 0.25) is 5.91 Å². The van der Waals surface area contributed by atoms with Crippen LogP contribution in [0.15, 0.2) is 0 Å². The van der Waals surface area contributed by atoms with E-state index in [1.54, 1.807) is 13.8 Å². The van der Waals surface area contributed by atoms with Crippen molar-refractivity contribution >= 4 is 17.8 Å². The molecule has 122 valence electrons. The number of carboxylic acids is 2. The summed E-state index contributed by atoms with van der Waals surface area (Å²) in [7, 11) is 0. The molecule has 0 heterocycles. The number of nitrogens with one attached hydrogen (secondary N) is 2. The minimum absolute atomic E-state index is 0.0644. The Balaban J connectivity index is 3.82. The average molecular weight is 302 g/mol. The van der Waals surface area contributed by atoms with Gasteiger partial charge in [0.15, 0.2) is 0 Å². The van der Waals surface area contributed by atoms with Crippen LogP contribution in [0, 0.1) is 10.8 Å². The maximum Gasteiger partial charge on any atom is 0.310 e. The van der Waals surface area contributed by atoms with Gasteiger partial charge < -0.3 is 20.8 Å². The monoisotopic (exact) mass is 302 g/mol. The van der Waals surface area contributed by atoms with Crippen LogP contribution in [0.5, 0.6) is 0 Å². The molecule has 0 aromatic carbocycles. The fourth-order valence-corrected chi connectivity index (χ4v) is 1.42. The highest BCUT2D eigenvalue weighted by Gasteiger charge is 2.27. The van der Waals surface area contributed by atoms with Crippen LogP contribution in [0.4, 0.5) is 0 Å². The normalized spacial score (nSPS) is 12.0. The Labute approximate surface area is 125 Å². The first-order valence-corrected chi connectivity index (χ1v) is 6.93. The van der Waals surface area contributed by atoms with Crippen LogP contribution in [0.1, 0.15) is 40.5 Å². The van der Waals surface area contributed by atoms with E-state index in [-0.39, 0.29) is 19.0 Å². The fraction of sp³-hybridized carbons (Fsp3) is 0.786. The summed E-state index contributed by atoms with van der Waals surface area (Å²) in [4.78, 5) is 33.3. The van der Waals surface area contributed by atoms with Gasteiger partial charge in [0, 0.05) is 6.54 Å². The van der Waals surface area contributed by atoms with Crippen molar-refractivity contribution in [3.63, 3.8) is 0 Å². The zero-order chi connectivity index (χ0) is 16.7. The first-order valence-electron chi connectivity index (χ1n) is 6.93. The van der Waals surface area contributed by atoms with Crippen molar-refractivity contribution in [2.75, 3.05) is 19.6 Å². The van der Waals surface area contributed by atoms with E-state index in [9.17, 15) is 14.4 Å². The Hall–Kier alpha value is -1.63. The number of rotatable bonds is 10. The van der Waals surface area contributed by atoms with E-state index in [2.05, 4.69) is 10.6 Å². The molecule has 0 aliphatic rings. The summed E-state index contributed by atoms with van der Waals surface area (Å²) in [6.45, 7) is 7.09. The van der Waals surface area contributed by atoms with E-state index in [0.717, 1.165) is 0 Å². The molecule has 21 heavy (non-hydrogen) atoms. The maximum atomic E-state index is 11.5. The maximum absolute atomic E-state index is 11.5. The third-order valence-corrected chi connectivity index (χ3v) is 3.33. The number of carbonyl (C=O) groups is 3. The molecule has 0 bridgehead atoms. The molecule has 0 fully saturated rings. The number of amides is 1. The molecule has 0 saturated carbocycles. The number of hydrogen-bond donors (Lipinski definition) is 4. The van der Waals surface area contributed by atoms with Gasteiger partial charge in [0.25, 0.3) is 0 Å². The summed E-state index contributed by atoms with van der Waals surface area (Å²) >= 11 is 0. The molecular weight excluding hydrogens is 276 g/mol. The van der Waals surface area contributed by atoms with E-state index in [1.807, 2.05) is 0 Å². The fourth-order valence-electron chi connectivity index (χ4n) is 1.42. The highest BCUT2D eigenvalue weighted by atomic mass is 16.4. The Kier molecular flexibility index (Phi) is 7.35. The van der Waals surface area contributed by atoms with E-state index in [0.29, 0.717) is 19.4 Å². The van der Waals surface area contributed by atoms with Gasteiger partial charge in [-0.3, -0.25) is 14.4 Å². The minimum atomic E-state index is -0.999. The van der Waals surface area contributed by atoms with Crippen LogP contribution in [0.25, 0.3) is 0 Å². The van der Waals surface area contributed by atoms with E-state index in [1.165, 1.54) is 13.8 Å². The van der Waals surface area contributed by atoms with Crippen LogP contribution in [0.2, 0.25) is 0 Å². The SMILES string of the molecule is CC(C)(CCCNCC(=O)NCC(C)(C)C(=O)O)C(=O)O. The molecule has 0 radical (unpaired) electrons. The van der Waals surface area contributed by atoms with Crippen molar-refractivity contribution in [2.45, 2.75) is 40.5 Å². The molecule has 0 aromatic rings. The average Bonchev–Trinajstić information content (AvgIpc) is 2.35. The minimum Gasteiger partial charge on any atom is -0.481 e. The van der Waals surface area contributed by atoms with Crippen molar-refractivity contribution in [2.24, 2.45) is 10.8 Å². The number of aliphatic carboxylic acids is 2. The van der Waals surface area contributed by atoms with Crippen molar-refractivity contribution in [3.8, 4) is 0 Å². The topological polar surface area (TPSA) is 116 Å². The zero-order valence-electron chi connectivity index (χ0n) is 13.2. The van der Waals surface area contributed by atoms with Crippen LogP contribution >= 0.6 is 0 Å². The molecule has 0 aliphatic carbocycles. The summed E-state index contributed by atoms with van der Waals surface area (Å²) in [6.07, 6.45) is 1.16. The quantitative estimate of drug-likeness (QED) is 0.441. The summed E-state index contributed by atoms with van der Waals surface area (Å²) in [6, 6.07) is 0. The molecule has 7 nitrogen and oxygen atoms in total. The standard InChI is InChI=1S/C14H26N2O5/c1-13(2,11(18)19)6-5-7-15-8-10(17)16-9-14(3,4)12(20)21/h15H,5-9H2,1-4H3,(H,16,17)(H,18,19)(H,20,21). The van der Waals surface area contributed by atoms with Crippen molar-refractivity contribution in [3.05, 3.63) is 0 Å². The van der Waals surface area contributed by atoms with Gasteiger partial charge in [-0.15, -0.1) is 0 Å². The molecule has 0 rings (SSSR count). The number of carbonyl (C=O) groups excluding carboxylic acids is 1. The van der Waals surface area contributed by atoms with E-state index in [4.69, 9.17) is 10.2 Å². The van der Waals surface area contributed by atoms with Crippen LogP contribution < -0.4 is 10.6 Å². The lowest BCUT2D eigenvalue weighted by atomic mass is 9.88. The molecule has 0 aliphatic heterocycles. The molecular formula is C14H26N2O5. The van der Waals surface area contributed by atoms with Gasteiger partial charge >= 0.3 is 11.9 Å². The third-order valence-electron chi connectivity index (χ3n) is 3.33. The van der Waals surface area contributed by atoms with Crippen LogP contribution in [-0.2, 0) is 14.4 Å². The highest BCUT2D eigenvalue weighted by molar-refractivity contribution is 5.80. The molecule has 7 heteroatoms. The smallest absolute Gasteiger partial charge is 0.310 e. The van der Waals surface area contributed by atoms with E-state index < -0.39 is 22.8 Å². The summed E-state index contributed by atoms with van der Waals surface area (Å²) in [5, 5.41) is 23.3. The summed E-state index contributed by atoms with van der Waals surface area (Å²) < 4.78 is 0. The van der Waals surface area contributed by atoms with Crippen LogP contribution in [0.3, 0.4) is 0 Å². The second kappa shape index (κ2) is 7.97. The van der Waals surface area contributed by atoms with Gasteiger partial charge in [0.1, 0.15) is 0 Å². The lowest BCUT2D eigenvalue weighted by molar-refractivity contribution is -0.148. The first-order chi connectivity index (χ1) is 9.49. The summed E-state index contributed by atoms with van der Waals surface area (Å²) in [5.74, 6) is -2.08. The van der Waals surface area contributed by atoms with Gasteiger partial charge in [-0.05, 0) is 47.1 Å². The van der Waals surface area contributed by atoms with E-state index >= 15 is 0 Å². The first kappa shape index (κ1) is 19.4. The Morgan fingerprint density at radius 3 is 1.95 bits per heavy atom. The predicted octanol–water partition coefficient (Wildman–Crippen LogP) is 0.694. The molecule has 4 N–H and O–H groups in total. The van der Waals surface area contributed by atoms with Crippen molar-refractivity contribution in [1.29, 1.82) is 0 Å². The lowest BCUT2D eigenvalue weighted by Gasteiger charge is -2.20. The number of hydrogen-bond acceptors (Lipinski definition) is 4. The third kappa shape index (κ3) is 7.65. The molecule has 0 aromatic heterocycles. The Morgan fingerprint density at radius 1 is 0.952 bits per heavy atom. The van der Waals surface area contributed by atoms with Gasteiger partial charge in [-0.2, -0.15) is 0 Å². The Bertz CT molecular complexity index is 391. The Morgan fingerprint density at radius 2 is 1.48 bits per heavy atom. The zero-order valence-corrected chi connectivity index (χ0v) is 13.2. The molecule has 0 spiro atoms. The highest BCUT2D eigenvalue weighted by Crippen LogP contribution is 2.21. The second-order valence-corrected chi connectivity index (χ2v) is 6.44. The van der Waals surface area contributed by atoms with Gasteiger partial charge in [-0.25, -0.2) is 0 Å². The lowest BCUT2D eigenvalue weighted by Crippen LogP contribution is -2.42. The van der Waals surface area contributed by atoms with Crippen LogP contribution in [-0.4, -0.2) is 47.7 Å². The van der Waals surface area contributed by atoms with Gasteiger partial charge in [0.05, 0.1) is 17.4 Å². The predicted molar refractivity (Wildman–Crippen MR) is 77.9 cm³/mol. The van der Waals surface area contributed by atoms with Crippen molar-refractivity contribution < 1.29 is 24.6 Å². The largest absolute Gasteiger partial charge is 0.481 e.